The van der Waals surface area contributed by atoms with Crippen molar-refractivity contribution >= 4 is 10.0 Å². The Kier molecular flexibility index (Phi) is 5.43. The standard InChI is InChI=1S/C16H23N3O3S/c1-5-22-16-9-7-6-8-14(16)11-18(4)23(20,21)15-10-17-19(12-15)13(2)3/h6-10,12-13H,5,11H2,1-4H3. The topological polar surface area (TPSA) is 64.4 Å². The Hall–Kier alpha value is -1.86. The Morgan fingerprint density at radius 1 is 1.30 bits per heavy atom. The van der Waals surface area contributed by atoms with Crippen molar-refractivity contribution in [3.8, 4) is 5.75 Å². The van der Waals surface area contributed by atoms with Gasteiger partial charge in [-0.2, -0.15) is 9.40 Å². The minimum atomic E-state index is -3.59. The van der Waals surface area contributed by atoms with Crippen LogP contribution in [0.15, 0.2) is 41.6 Å². The minimum Gasteiger partial charge on any atom is -0.494 e. The van der Waals surface area contributed by atoms with E-state index in [1.54, 1.807) is 17.9 Å². The summed E-state index contributed by atoms with van der Waals surface area (Å²) in [6.07, 6.45) is 2.95. The maximum atomic E-state index is 12.7. The predicted molar refractivity (Wildman–Crippen MR) is 88.9 cm³/mol. The molecule has 0 spiro atoms. The normalized spacial score (nSPS) is 12.1. The molecule has 2 rings (SSSR count). The monoisotopic (exact) mass is 337 g/mol. The number of rotatable bonds is 7. The molecule has 1 heterocycles. The van der Waals surface area contributed by atoms with Gasteiger partial charge < -0.3 is 4.74 Å². The van der Waals surface area contributed by atoms with E-state index in [0.717, 1.165) is 5.56 Å². The van der Waals surface area contributed by atoms with Gasteiger partial charge in [0.15, 0.2) is 0 Å². The highest BCUT2D eigenvalue weighted by atomic mass is 32.2. The lowest BCUT2D eigenvalue weighted by Crippen LogP contribution is -2.26. The predicted octanol–water partition coefficient (Wildman–Crippen LogP) is 2.68. The van der Waals surface area contributed by atoms with Gasteiger partial charge in [-0.15, -0.1) is 0 Å². The molecule has 0 fully saturated rings. The number of hydrogen-bond donors (Lipinski definition) is 0. The number of aromatic nitrogens is 2. The molecular formula is C16H23N3O3S. The second-order valence-corrected chi connectivity index (χ2v) is 7.60. The van der Waals surface area contributed by atoms with Gasteiger partial charge in [0, 0.05) is 31.4 Å². The molecule has 0 radical (unpaired) electrons. The molecule has 23 heavy (non-hydrogen) atoms. The van der Waals surface area contributed by atoms with Gasteiger partial charge >= 0.3 is 0 Å². The zero-order valence-electron chi connectivity index (χ0n) is 13.9. The molecule has 0 atom stereocenters. The Morgan fingerprint density at radius 3 is 2.61 bits per heavy atom. The van der Waals surface area contributed by atoms with Gasteiger partial charge in [0.2, 0.25) is 10.0 Å². The van der Waals surface area contributed by atoms with Crippen LogP contribution < -0.4 is 4.74 Å². The van der Waals surface area contributed by atoms with Crippen molar-refractivity contribution < 1.29 is 13.2 Å². The molecule has 0 N–H and O–H groups in total. The highest BCUT2D eigenvalue weighted by molar-refractivity contribution is 7.89. The third-order valence-corrected chi connectivity index (χ3v) is 5.24. The molecule has 0 aliphatic carbocycles. The second kappa shape index (κ2) is 7.14. The molecular weight excluding hydrogens is 314 g/mol. The molecule has 0 aliphatic rings. The van der Waals surface area contributed by atoms with Crippen molar-refractivity contribution in [2.45, 2.75) is 38.3 Å². The van der Waals surface area contributed by atoms with Crippen LogP contribution in [0.2, 0.25) is 0 Å². The van der Waals surface area contributed by atoms with E-state index in [-0.39, 0.29) is 17.5 Å². The van der Waals surface area contributed by atoms with Crippen LogP contribution in [0.3, 0.4) is 0 Å². The molecule has 2 aromatic rings. The van der Waals surface area contributed by atoms with Crippen molar-refractivity contribution in [1.82, 2.24) is 14.1 Å². The first-order chi connectivity index (χ1) is 10.9. The molecule has 0 aliphatic heterocycles. The molecule has 0 amide bonds. The van der Waals surface area contributed by atoms with Gasteiger partial charge in [0.25, 0.3) is 0 Å². The molecule has 0 saturated carbocycles. The molecule has 0 bridgehead atoms. The number of ether oxygens (including phenoxy) is 1. The number of benzene rings is 1. The SMILES string of the molecule is CCOc1ccccc1CN(C)S(=O)(=O)c1cnn(C(C)C)c1. The second-order valence-electron chi connectivity index (χ2n) is 5.55. The van der Waals surface area contributed by atoms with Crippen LogP contribution in [0.25, 0.3) is 0 Å². The van der Waals surface area contributed by atoms with Crippen LogP contribution in [0, 0.1) is 0 Å². The highest BCUT2D eigenvalue weighted by Gasteiger charge is 2.24. The molecule has 7 heteroatoms. The summed E-state index contributed by atoms with van der Waals surface area (Å²) in [6, 6.07) is 7.57. The highest BCUT2D eigenvalue weighted by Crippen LogP contribution is 2.23. The van der Waals surface area contributed by atoms with E-state index in [4.69, 9.17) is 4.74 Å². The summed E-state index contributed by atoms with van der Waals surface area (Å²) in [6.45, 7) is 6.58. The summed E-state index contributed by atoms with van der Waals surface area (Å²) in [5.74, 6) is 0.704. The Balaban J connectivity index is 2.23. The zero-order valence-corrected chi connectivity index (χ0v) is 14.7. The number of sulfonamides is 1. The van der Waals surface area contributed by atoms with Crippen LogP contribution in [-0.4, -0.2) is 36.2 Å². The van der Waals surface area contributed by atoms with Crippen LogP contribution in [0.4, 0.5) is 0 Å². The molecule has 1 aromatic carbocycles. The van der Waals surface area contributed by atoms with Gasteiger partial charge in [-0.25, -0.2) is 8.42 Å². The average molecular weight is 337 g/mol. The Bertz CT molecular complexity index is 753. The molecule has 1 aromatic heterocycles. The van der Waals surface area contributed by atoms with Crippen molar-refractivity contribution in [1.29, 1.82) is 0 Å². The van der Waals surface area contributed by atoms with Crippen LogP contribution in [0.1, 0.15) is 32.4 Å². The zero-order chi connectivity index (χ0) is 17.0. The van der Waals surface area contributed by atoms with E-state index in [0.29, 0.717) is 12.4 Å². The minimum absolute atomic E-state index is 0.114. The molecule has 126 valence electrons. The van der Waals surface area contributed by atoms with Gasteiger partial charge in [0.05, 0.1) is 12.8 Å². The average Bonchev–Trinajstić information content (AvgIpc) is 3.00. The summed E-state index contributed by atoms with van der Waals surface area (Å²) in [5, 5.41) is 4.10. The van der Waals surface area contributed by atoms with E-state index in [2.05, 4.69) is 5.10 Å². The fraction of sp³-hybridized carbons (Fsp3) is 0.438. The lowest BCUT2D eigenvalue weighted by Gasteiger charge is -2.18. The van der Waals surface area contributed by atoms with Crippen molar-refractivity contribution in [2.75, 3.05) is 13.7 Å². The molecule has 0 saturated heterocycles. The van der Waals surface area contributed by atoms with Gasteiger partial charge in [-0.1, -0.05) is 18.2 Å². The fourth-order valence-electron chi connectivity index (χ4n) is 2.17. The van der Waals surface area contributed by atoms with Gasteiger partial charge in [-0.05, 0) is 26.8 Å². The summed E-state index contributed by atoms with van der Waals surface area (Å²) in [5.41, 5.74) is 0.830. The van der Waals surface area contributed by atoms with Crippen LogP contribution in [0.5, 0.6) is 5.75 Å². The summed E-state index contributed by atoms with van der Waals surface area (Å²) in [4.78, 5) is 0.197. The number of nitrogens with zero attached hydrogens (tertiary/aromatic N) is 3. The first-order valence-electron chi connectivity index (χ1n) is 7.57. The quantitative estimate of drug-likeness (QED) is 0.779. The van der Waals surface area contributed by atoms with Gasteiger partial charge in [-0.3, -0.25) is 4.68 Å². The third-order valence-electron chi connectivity index (χ3n) is 3.48. The lowest BCUT2D eigenvalue weighted by atomic mass is 10.2. The van der Waals surface area contributed by atoms with Crippen molar-refractivity contribution in [2.24, 2.45) is 0 Å². The van der Waals surface area contributed by atoms with Crippen molar-refractivity contribution in [3.05, 3.63) is 42.2 Å². The Labute approximate surface area is 137 Å². The Morgan fingerprint density at radius 2 is 2.00 bits per heavy atom. The summed E-state index contributed by atoms with van der Waals surface area (Å²) < 4.78 is 33.8. The number of hydrogen-bond acceptors (Lipinski definition) is 4. The number of para-hydroxylation sites is 1. The molecule has 6 nitrogen and oxygen atoms in total. The smallest absolute Gasteiger partial charge is 0.246 e. The fourth-order valence-corrected chi connectivity index (χ4v) is 3.26. The van der Waals surface area contributed by atoms with Crippen molar-refractivity contribution in [3.63, 3.8) is 0 Å². The van der Waals surface area contributed by atoms with Crippen LogP contribution in [-0.2, 0) is 16.6 Å². The lowest BCUT2D eigenvalue weighted by molar-refractivity contribution is 0.332. The molecule has 0 unspecified atom stereocenters. The van der Waals surface area contributed by atoms with E-state index in [1.165, 1.54) is 10.5 Å². The van der Waals surface area contributed by atoms with E-state index in [1.807, 2.05) is 45.0 Å². The summed E-state index contributed by atoms with van der Waals surface area (Å²) in [7, 11) is -2.03. The first-order valence-corrected chi connectivity index (χ1v) is 9.01. The van der Waals surface area contributed by atoms with E-state index >= 15 is 0 Å². The maximum Gasteiger partial charge on any atom is 0.246 e. The van der Waals surface area contributed by atoms with E-state index < -0.39 is 10.0 Å². The largest absolute Gasteiger partial charge is 0.494 e. The summed E-state index contributed by atoms with van der Waals surface area (Å²) >= 11 is 0. The van der Waals surface area contributed by atoms with Crippen LogP contribution >= 0.6 is 0 Å². The van der Waals surface area contributed by atoms with E-state index in [9.17, 15) is 8.42 Å². The maximum absolute atomic E-state index is 12.7. The van der Waals surface area contributed by atoms with Gasteiger partial charge in [0.1, 0.15) is 10.6 Å². The third kappa shape index (κ3) is 3.92. The first kappa shape index (κ1) is 17.5.